The van der Waals surface area contributed by atoms with Gasteiger partial charge >= 0.3 is 18.1 Å². The van der Waals surface area contributed by atoms with Crippen LogP contribution in [0.15, 0.2) is 71.6 Å². The number of ether oxygens (including phenoxy) is 2. The number of alkyl halides is 3. The lowest BCUT2D eigenvalue weighted by molar-refractivity contribution is -0.137. The summed E-state index contributed by atoms with van der Waals surface area (Å²) in [6.07, 6.45) is -4.83. The van der Waals surface area contributed by atoms with Gasteiger partial charge in [-0.2, -0.15) is 13.2 Å². The predicted octanol–water partition coefficient (Wildman–Crippen LogP) is 4.77. The number of nitrogens with one attached hydrogen (secondary N) is 1. The van der Waals surface area contributed by atoms with E-state index >= 15 is 0 Å². The van der Waals surface area contributed by atoms with E-state index in [1.54, 1.807) is 0 Å². The SMILES string of the molecule is COC(=O)c1cc(NC(=O)CN(c2cc(C(F)(F)F)ccc2Cl)S(=O)(=O)c2ccccc2)cc(C(=O)OC)c1. The van der Waals surface area contributed by atoms with Crippen LogP contribution in [0.2, 0.25) is 5.02 Å². The van der Waals surface area contributed by atoms with E-state index in [1.807, 2.05) is 0 Å². The number of rotatable bonds is 8. The second-order valence-electron chi connectivity index (χ2n) is 7.82. The van der Waals surface area contributed by atoms with Gasteiger partial charge in [0.1, 0.15) is 6.54 Å². The van der Waals surface area contributed by atoms with Gasteiger partial charge < -0.3 is 14.8 Å². The third kappa shape index (κ3) is 6.86. The third-order valence-corrected chi connectivity index (χ3v) is 7.31. The lowest BCUT2D eigenvalue weighted by Crippen LogP contribution is -2.38. The van der Waals surface area contributed by atoms with Gasteiger partial charge in [0, 0.05) is 5.69 Å². The van der Waals surface area contributed by atoms with Gasteiger partial charge in [0.25, 0.3) is 10.0 Å². The molecule has 0 aliphatic rings. The lowest BCUT2D eigenvalue weighted by atomic mass is 10.1. The number of sulfonamides is 1. The molecule has 0 atom stereocenters. The second kappa shape index (κ2) is 11.7. The molecule has 0 bridgehead atoms. The minimum atomic E-state index is -4.83. The van der Waals surface area contributed by atoms with E-state index in [2.05, 4.69) is 14.8 Å². The Morgan fingerprint density at radius 3 is 1.97 bits per heavy atom. The van der Waals surface area contributed by atoms with Crippen LogP contribution in [-0.4, -0.2) is 47.0 Å². The number of nitrogens with zero attached hydrogens (tertiary/aromatic N) is 1. The molecule has 0 unspecified atom stereocenters. The van der Waals surface area contributed by atoms with Crippen molar-refractivity contribution in [1.29, 1.82) is 0 Å². The van der Waals surface area contributed by atoms with Crippen molar-refractivity contribution in [3.8, 4) is 0 Å². The fourth-order valence-electron chi connectivity index (χ4n) is 3.40. The zero-order valence-electron chi connectivity index (χ0n) is 20.3. The van der Waals surface area contributed by atoms with E-state index in [4.69, 9.17) is 11.6 Å². The first kappa shape index (κ1) is 29.5. The Hall–Kier alpha value is -4.10. The molecule has 0 heterocycles. The second-order valence-corrected chi connectivity index (χ2v) is 10.1. The molecule has 0 radical (unpaired) electrons. The molecule has 3 rings (SSSR count). The van der Waals surface area contributed by atoms with Crippen LogP contribution in [0, 0.1) is 0 Å². The minimum absolute atomic E-state index is 0.115. The third-order valence-electron chi connectivity index (χ3n) is 5.22. The summed E-state index contributed by atoms with van der Waals surface area (Å²) in [6, 6.07) is 12.2. The van der Waals surface area contributed by atoms with Crippen LogP contribution in [0.3, 0.4) is 0 Å². The van der Waals surface area contributed by atoms with Crippen LogP contribution in [0.5, 0.6) is 0 Å². The molecule has 14 heteroatoms. The maximum absolute atomic E-state index is 13.5. The van der Waals surface area contributed by atoms with E-state index in [9.17, 15) is 36.0 Å². The highest BCUT2D eigenvalue weighted by molar-refractivity contribution is 7.92. The number of amides is 1. The number of hydrogen-bond acceptors (Lipinski definition) is 7. The fourth-order valence-corrected chi connectivity index (χ4v) is 5.12. The van der Waals surface area contributed by atoms with Crippen molar-refractivity contribution in [3.05, 3.63) is 88.4 Å². The molecule has 0 saturated carbocycles. The van der Waals surface area contributed by atoms with Crippen LogP contribution in [-0.2, 0) is 30.5 Å². The zero-order chi connectivity index (χ0) is 29.0. The van der Waals surface area contributed by atoms with Gasteiger partial charge in [-0.3, -0.25) is 9.10 Å². The first-order valence-corrected chi connectivity index (χ1v) is 12.7. The van der Waals surface area contributed by atoms with Crippen molar-refractivity contribution >= 4 is 50.8 Å². The molecule has 0 aliphatic heterocycles. The molecule has 206 valence electrons. The van der Waals surface area contributed by atoms with E-state index < -0.39 is 51.8 Å². The summed E-state index contributed by atoms with van der Waals surface area (Å²) in [4.78, 5) is 36.8. The summed E-state index contributed by atoms with van der Waals surface area (Å²) >= 11 is 6.11. The molecular formula is C25H20ClF3N2O7S. The smallest absolute Gasteiger partial charge is 0.416 e. The molecule has 39 heavy (non-hydrogen) atoms. The van der Waals surface area contributed by atoms with E-state index in [1.165, 1.54) is 30.3 Å². The largest absolute Gasteiger partial charge is 0.465 e. The standard InChI is InChI=1S/C25H20ClF3N2O7S/c1-37-23(33)15-10-16(24(34)38-2)12-18(11-15)30-22(32)14-31(39(35,36)19-6-4-3-5-7-19)21-13-17(25(27,28)29)8-9-20(21)26/h3-13H,14H2,1-2H3,(H,30,32). The Bertz CT molecular complexity index is 1480. The van der Waals surface area contributed by atoms with Crippen LogP contribution in [0.4, 0.5) is 24.5 Å². The highest BCUT2D eigenvalue weighted by atomic mass is 35.5. The first-order chi connectivity index (χ1) is 18.3. The van der Waals surface area contributed by atoms with E-state index in [0.29, 0.717) is 16.4 Å². The van der Waals surface area contributed by atoms with Gasteiger partial charge in [-0.15, -0.1) is 0 Å². The number of anilines is 2. The maximum atomic E-state index is 13.5. The number of methoxy groups -OCH3 is 2. The van der Waals surface area contributed by atoms with Gasteiger partial charge in [0.2, 0.25) is 5.91 Å². The molecule has 3 aromatic carbocycles. The number of benzene rings is 3. The highest BCUT2D eigenvalue weighted by Gasteiger charge is 2.34. The van der Waals surface area contributed by atoms with Crippen molar-refractivity contribution in [2.24, 2.45) is 0 Å². The van der Waals surface area contributed by atoms with Gasteiger partial charge in [0.15, 0.2) is 0 Å². The molecule has 9 nitrogen and oxygen atoms in total. The Labute approximate surface area is 226 Å². The molecule has 0 aliphatic carbocycles. The summed E-state index contributed by atoms with van der Waals surface area (Å²) in [7, 11) is -2.42. The molecule has 0 saturated heterocycles. The van der Waals surface area contributed by atoms with Crippen LogP contribution < -0.4 is 9.62 Å². The fraction of sp³-hybridized carbons (Fsp3) is 0.160. The number of carbonyl (C=O) groups excluding carboxylic acids is 3. The first-order valence-electron chi connectivity index (χ1n) is 10.8. The number of halogens is 4. The van der Waals surface area contributed by atoms with Crippen molar-refractivity contribution in [1.82, 2.24) is 0 Å². The van der Waals surface area contributed by atoms with Crippen molar-refractivity contribution in [2.75, 3.05) is 30.4 Å². The predicted molar refractivity (Wildman–Crippen MR) is 135 cm³/mol. The van der Waals surface area contributed by atoms with Crippen LogP contribution in [0.25, 0.3) is 0 Å². The lowest BCUT2D eigenvalue weighted by Gasteiger charge is -2.26. The van der Waals surface area contributed by atoms with Crippen LogP contribution >= 0.6 is 11.6 Å². The van der Waals surface area contributed by atoms with Crippen molar-refractivity contribution < 1.29 is 45.4 Å². The van der Waals surface area contributed by atoms with Gasteiger partial charge in [-0.05, 0) is 48.5 Å². The zero-order valence-corrected chi connectivity index (χ0v) is 21.9. The molecule has 0 aromatic heterocycles. The highest BCUT2D eigenvalue weighted by Crippen LogP contribution is 2.37. The summed E-state index contributed by atoms with van der Waals surface area (Å²) in [6.45, 7) is -1.02. The quantitative estimate of drug-likeness (QED) is 0.379. The molecule has 1 amide bonds. The number of hydrogen-bond donors (Lipinski definition) is 1. The topological polar surface area (TPSA) is 119 Å². The Morgan fingerprint density at radius 1 is 0.897 bits per heavy atom. The Kier molecular flexibility index (Phi) is 8.87. The van der Waals surface area contributed by atoms with Gasteiger partial charge in [0.05, 0.1) is 46.5 Å². The number of carbonyl (C=O) groups is 3. The average Bonchev–Trinajstić information content (AvgIpc) is 2.90. The van der Waals surface area contributed by atoms with E-state index in [0.717, 1.165) is 38.5 Å². The molecule has 1 N–H and O–H groups in total. The summed E-state index contributed by atoms with van der Waals surface area (Å²) in [5.41, 5.74) is -2.17. The van der Waals surface area contributed by atoms with Crippen LogP contribution in [0.1, 0.15) is 26.3 Å². The van der Waals surface area contributed by atoms with E-state index in [-0.39, 0.29) is 26.7 Å². The monoisotopic (exact) mass is 584 g/mol. The average molecular weight is 585 g/mol. The van der Waals surface area contributed by atoms with Crippen molar-refractivity contribution in [3.63, 3.8) is 0 Å². The Morgan fingerprint density at radius 2 is 1.46 bits per heavy atom. The molecule has 3 aromatic rings. The molecule has 0 spiro atoms. The molecule has 0 fully saturated rings. The summed E-state index contributed by atoms with van der Waals surface area (Å²) in [5.74, 6) is -2.72. The van der Waals surface area contributed by atoms with Crippen molar-refractivity contribution in [2.45, 2.75) is 11.1 Å². The van der Waals surface area contributed by atoms with Gasteiger partial charge in [-0.25, -0.2) is 18.0 Å². The summed E-state index contributed by atoms with van der Waals surface area (Å²) in [5, 5.41) is 1.98. The summed E-state index contributed by atoms with van der Waals surface area (Å²) < 4.78 is 77.0. The van der Waals surface area contributed by atoms with Gasteiger partial charge in [-0.1, -0.05) is 29.8 Å². The minimum Gasteiger partial charge on any atom is -0.465 e. The normalized spacial score (nSPS) is 11.4. The number of esters is 2. The maximum Gasteiger partial charge on any atom is 0.416 e. The Balaban J connectivity index is 2.07. The molecular weight excluding hydrogens is 565 g/mol.